The maximum Gasteiger partial charge on any atom is 0.129 e. The van der Waals surface area contributed by atoms with Gasteiger partial charge in [0.05, 0.1) is 11.0 Å². The lowest BCUT2D eigenvalue weighted by molar-refractivity contribution is 0.735. The van der Waals surface area contributed by atoms with Crippen LogP contribution in [0.3, 0.4) is 0 Å². The molecule has 2 aromatic heterocycles. The fourth-order valence-electron chi connectivity index (χ4n) is 3.86. The van der Waals surface area contributed by atoms with Gasteiger partial charge in [0.25, 0.3) is 0 Å². The van der Waals surface area contributed by atoms with E-state index in [0.29, 0.717) is 0 Å². The highest BCUT2D eigenvalue weighted by Crippen LogP contribution is 2.27. The molecule has 150 valence electrons. The second-order valence-electron chi connectivity index (χ2n) is 7.52. The third kappa shape index (κ3) is 4.37. The Morgan fingerprint density at radius 2 is 0.857 bits per heavy atom. The van der Waals surface area contributed by atoms with Crippen LogP contribution in [0.5, 0.6) is 0 Å². The van der Waals surface area contributed by atoms with Crippen LogP contribution in [0.2, 0.25) is 0 Å². The van der Waals surface area contributed by atoms with Crippen molar-refractivity contribution in [3.8, 4) is 0 Å². The van der Waals surface area contributed by atoms with E-state index in [2.05, 4.69) is 73.9 Å². The van der Waals surface area contributed by atoms with Crippen LogP contribution in [0.4, 0.5) is 11.6 Å². The summed E-state index contributed by atoms with van der Waals surface area (Å²) in [6.45, 7) is 13.1. The molecule has 0 unspecified atom stereocenters. The minimum Gasteiger partial charge on any atom is -0.357 e. The third-order valence-electron chi connectivity index (χ3n) is 5.11. The first kappa shape index (κ1) is 20.4. The molecule has 0 amide bonds. The largest absolute Gasteiger partial charge is 0.357 e. The molecule has 0 bridgehead atoms. The lowest BCUT2D eigenvalue weighted by Gasteiger charge is -2.24. The van der Waals surface area contributed by atoms with Gasteiger partial charge in [-0.05, 0) is 49.9 Å². The highest BCUT2D eigenvalue weighted by Gasteiger charge is 2.12. The number of hydrogen-bond acceptors (Lipinski definition) is 4. The molecule has 0 fully saturated rings. The molecule has 4 heteroatoms. The molecule has 1 aromatic carbocycles. The van der Waals surface area contributed by atoms with Crippen LogP contribution in [0.15, 0.2) is 36.4 Å². The predicted molar refractivity (Wildman–Crippen MR) is 123 cm³/mol. The smallest absolute Gasteiger partial charge is 0.129 e. The Bertz CT molecular complexity index is 819. The number of rotatable bonds is 10. The predicted octanol–water partition coefficient (Wildman–Crippen LogP) is 6.04. The fraction of sp³-hybridized carbons (Fsp3) is 0.500. The first-order valence-corrected chi connectivity index (χ1v) is 10.9. The van der Waals surface area contributed by atoms with E-state index in [9.17, 15) is 0 Å². The summed E-state index contributed by atoms with van der Waals surface area (Å²) >= 11 is 0. The zero-order valence-electron chi connectivity index (χ0n) is 17.9. The van der Waals surface area contributed by atoms with Crippen LogP contribution in [0, 0.1) is 0 Å². The molecule has 28 heavy (non-hydrogen) atoms. The van der Waals surface area contributed by atoms with Gasteiger partial charge in [-0.2, -0.15) is 0 Å². The van der Waals surface area contributed by atoms with Gasteiger partial charge in [-0.1, -0.05) is 39.8 Å². The molecule has 0 aliphatic rings. The number of aromatic nitrogens is 2. The van der Waals surface area contributed by atoms with Crippen molar-refractivity contribution in [1.82, 2.24) is 9.97 Å². The van der Waals surface area contributed by atoms with Gasteiger partial charge in [-0.3, -0.25) is 0 Å². The number of fused-ring (bicyclic) bond motifs is 3. The standard InChI is InChI=1S/C24H34N4/c1-5-15-27(16-6-2)21-13-11-19-9-10-20-12-14-22(26-24(20)23(19)25-21)28(17-7-3)18-8-4/h9-14H,5-8,15-18H2,1-4H3. The van der Waals surface area contributed by atoms with Crippen molar-refractivity contribution in [2.45, 2.75) is 53.4 Å². The van der Waals surface area contributed by atoms with E-state index in [-0.39, 0.29) is 0 Å². The first-order valence-electron chi connectivity index (χ1n) is 10.9. The van der Waals surface area contributed by atoms with Crippen molar-refractivity contribution in [3.63, 3.8) is 0 Å². The molecule has 3 rings (SSSR count). The summed E-state index contributed by atoms with van der Waals surface area (Å²) in [4.78, 5) is 14.9. The summed E-state index contributed by atoms with van der Waals surface area (Å²) < 4.78 is 0. The summed E-state index contributed by atoms with van der Waals surface area (Å²) in [7, 11) is 0. The maximum absolute atomic E-state index is 5.08. The quantitative estimate of drug-likeness (QED) is 0.403. The number of benzene rings is 1. The van der Waals surface area contributed by atoms with Crippen LogP contribution in [0.1, 0.15) is 53.4 Å². The fourth-order valence-corrected chi connectivity index (χ4v) is 3.86. The second-order valence-corrected chi connectivity index (χ2v) is 7.52. The molecule has 0 N–H and O–H groups in total. The van der Waals surface area contributed by atoms with E-state index >= 15 is 0 Å². The van der Waals surface area contributed by atoms with Crippen molar-refractivity contribution in [2.24, 2.45) is 0 Å². The lowest BCUT2D eigenvalue weighted by atomic mass is 10.1. The van der Waals surface area contributed by atoms with Gasteiger partial charge in [0.15, 0.2) is 0 Å². The summed E-state index contributed by atoms with van der Waals surface area (Å²) in [6.07, 6.45) is 4.50. The molecule has 0 saturated heterocycles. The van der Waals surface area contributed by atoms with Gasteiger partial charge in [0, 0.05) is 37.0 Å². The number of nitrogens with zero attached hydrogens (tertiary/aromatic N) is 4. The molecular weight excluding hydrogens is 344 g/mol. The molecule has 0 aliphatic heterocycles. The monoisotopic (exact) mass is 378 g/mol. The molecule has 0 radical (unpaired) electrons. The van der Waals surface area contributed by atoms with Crippen molar-refractivity contribution < 1.29 is 0 Å². The molecule has 4 nitrogen and oxygen atoms in total. The Balaban J connectivity index is 2.11. The maximum atomic E-state index is 5.08. The minimum atomic E-state index is 1.02. The van der Waals surface area contributed by atoms with E-state index in [4.69, 9.17) is 9.97 Å². The summed E-state index contributed by atoms with van der Waals surface area (Å²) in [5.74, 6) is 2.13. The van der Waals surface area contributed by atoms with Crippen molar-refractivity contribution >= 4 is 33.4 Å². The van der Waals surface area contributed by atoms with Crippen LogP contribution >= 0.6 is 0 Å². The summed E-state index contributed by atoms with van der Waals surface area (Å²) in [5.41, 5.74) is 2.03. The Morgan fingerprint density at radius 3 is 1.18 bits per heavy atom. The number of pyridine rings is 2. The molecule has 0 aliphatic carbocycles. The Labute approximate surface area is 169 Å². The van der Waals surface area contributed by atoms with Gasteiger partial charge in [0.1, 0.15) is 11.6 Å². The SMILES string of the molecule is CCCN(CCC)c1ccc2ccc3ccc(N(CCC)CCC)nc3c2n1. The molecule has 0 atom stereocenters. The van der Waals surface area contributed by atoms with Gasteiger partial charge in [-0.25, -0.2) is 9.97 Å². The second kappa shape index (κ2) is 9.72. The Morgan fingerprint density at radius 1 is 0.536 bits per heavy atom. The lowest BCUT2D eigenvalue weighted by Crippen LogP contribution is -2.26. The van der Waals surface area contributed by atoms with E-state index in [1.807, 2.05) is 0 Å². The minimum absolute atomic E-state index is 1.02. The highest BCUT2D eigenvalue weighted by atomic mass is 15.2. The Hall–Kier alpha value is -2.36. The average Bonchev–Trinajstić information content (AvgIpc) is 2.72. The zero-order valence-corrected chi connectivity index (χ0v) is 17.9. The Kier molecular flexibility index (Phi) is 7.07. The molecule has 0 spiro atoms. The van der Waals surface area contributed by atoms with E-state index < -0.39 is 0 Å². The van der Waals surface area contributed by atoms with Crippen molar-refractivity contribution in [2.75, 3.05) is 36.0 Å². The number of hydrogen-bond donors (Lipinski definition) is 0. The van der Waals surface area contributed by atoms with Crippen LogP contribution < -0.4 is 9.80 Å². The van der Waals surface area contributed by atoms with Crippen molar-refractivity contribution in [3.05, 3.63) is 36.4 Å². The third-order valence-corrected chi connectivity index (χ3v) is 5.11. The zero-order chi connectivity index (χ0) is 19.9. The summed E-state index contributed by atoms with van der Waals surface area (Å²) in [5, 5.41) is 2.32. The molecule has 3 aromatic rings. The topological polar surface area (TPSA) is 32.3 Å². The van der Waals surface area contributed by atoms with Crippen molar-refractivity contribution in [1.29, 1.82) is 0 Å². The molecular formula is C24H34N4. The normalized spacial score (nSPS) is 11.3. The van der Waals surface area contributed by atoms with E-state index in [1.165, 1.54) is 0 Å². The van der Waals surface area contributed by atoms with E-state index in [1.54, 1.807) is 0 Å². The van der Waals surface area contributed by atoms with Gasteiger partial charge in [-0.15, -0.1) is 0 Å². The highest BCUT2D eigenvalue weighted by molar-refractivity contribution is 6.03. The van der Waals surface area contributed by atoms with Crippen LogP contribution in [-0.4, -0.2) is 36.1 Å². The van der Waals surface area contributed by atoms with Crippen LogP contribution in [0.25, 0.3) is 21.8 Å². The molecule has 0 saturated carbocycles. The van der Waals surface area contributed by atoms with Gasteiger partial charge >= 0.3 is 0 Å². The first-order chi connectivity index (χ1) is 13.7. The average molecular weight is 379 g/mol. The molecule has 2 heterocycles. The summed E-state index contributed by atoms with van der Waals surface area (Å²) in [6, 6.07) is 13.0. The van der Waals surface area contributed by atoms with Gasteiger partial charge < -0.3 is 9.80 Å². The van der Waals surface area contributed by atoms with Gasteiger partial charge in [0.2, 0.25) is 0 Å². The number of anilines is 2. The van der Waals surface area contributed by atoms with Crippen LogP contribution in [-0.2, 0) is 0 Å². The van der Waals surface area contributed by atoms with E-state index in [0.717, 1.165) is 85.3 Å².